The van der Waals surface area contributed by atoms with Gasteiger partial charge in [-0.3, -0.25) is 9.59 Å². The molecule has 2 aliphatic heterocycles. The second kappa shape index (κ2) is 11.2. The Morgan fingerprint density at radius 3 is 2.67 bits per heavy atom. The van der Waals surface area contributed by atoms with Crippen LogP contribution in [0.2, 0.25) is 0 Å². The molecule has 3 aliphatic rings. The largest absolute Gasteiger partial charge is 0.464 e. The van der Waals surface area contributed by atoms with Crippen molar-refractivity contribution >= 4 is 23.9 Å². The molecular weight excluding hydrogens is 466 g/mol. The Hall–Kier alpha value is -2.62. The topological polar surface area (TPSA) is 134 Å². The van der Waals surface area contributed by atoms with E-state index in [1.807, 2.05) is 12.2 Å². The lowest BCUT2D eigenvalue weighted by molar-refractivity contribution is -0.150. The van der Waals surface area contributed by atoms with Gasteiger partial charge < -0.3 is 30.1 Å². The minimum absolute atomic E-state index is 0.0322. The third-order valence-electron chi connectivity index (χ3n) is 6.95. The van der Waals surface area contributed by atoms with Crippen molar-refractivity contribution in [2.75, 3.05) is 13.2 Å². The number of esters is 1. The van der Waals surface area contributed by atoms with Crippen LogP contribution in [0, 0.1) is 11.8 Å². The van der Waals surface area contributed by atoms with Gasteiger partial charge in [0.15, 0.2) is 0 Å². The van der Waals surface area contributed by atoms with Gasteiger partial charge in [0.2, 0.25) is 11.8 Å². The number of hydrogen-bond acceptors (Lipinski definition) is 7. The molecule has 2 fully saturated rings. The zero-order chi connectivity index (χ0) is 26.7. The highest BCUT2D eigenvalue weighted by Crippen LogP contribution is 2.46. The number of fused-ring (bicyclic) bond motifs is 2. The fraction of sp³-hybridized carbons (Fsp3) is 0.769. The van der Waals surface area contributed by atoms with Gasteiger partial charge in [-0.15, -0.1) is 0 Å². The number of allylic oxidation sites excluding steroid dienone is 1. The predicted octanol–water partition coefficient (Wildman–Crippen LogP) is 2.05. The lowest BCUT2D eigenvalue weighted by Crippen LogP contribution is -2.56. The normalized spacial score (nSPS) is 34.3. The summed E-state index contributed by atoms with van der Waals surface area (Å²) in [7, 11) is 0. The molecule has 0 spiro atoms. The van der Waals surface area contributed by atoms with E-state index >= 15 is 0 Å². The van der Waals surface area contributed by atoms with Gasteiger partial charge in [-0.2, -0.15) is 0 Å². The molecule has 2 heterocycles. The quantitative estimate of drug-likeness (QED) is 0.393. The Bertz CT molecular complexity index is 883. The molecular formula is C26H41N3O7. The fourth-order valence-corrected chi connectivity index (χ4v) is 4.99. The first-order valence-corrected chi connectivity index (χ1v) is 13.0. The lowest BCUT2D eigenvalue weighted by Gasteiger charge is -2.30. The summed E-state index contributed by atoms with van der Waals surface area (Å²) < 4.78 is 10.6. The van der Waals surface area contributed by atoms with Crippen molar-refractivity contribution < 1.29 is 33.8 Å². The molecule has 0 aromatic heterocycles. The van der Waals surface area contributed by atoms with Crippen LogP contribution in [-0.4, -0.2) is 76.4 Å². The van der Waals surface area contributed by atoms with E-state index in [1.54, 1.807) is 27.7 Å². The van der Waals surface area contributed by atoms with Gasteiger partial charge in [0, 0.05) is 18.9 Å². The molecule has 0 aromatic rings. The van der Waals surface area contributed by atoms with E-state index < -0.39 is 53.2 Å². The van der Waals surface area contributed by atoms with E-state index in [0.717, 1.165) is 12.8 Å². The number of hydrogen-bond donors (Lipinski definition) is 3. The number of aliphatic hydroxyl groups is 1. The summed E-state index contributed by atoms with van der Waals surface area (Å²) in [5, 5.41) is 15.9. The van der Waals surface area contributed by atoms with E-state index in [1.165, 1.54) is 4.90 Å². The molecule has 6 atom stereocenters. The van der Waals surface area contributed by atoms with Gasteiger partial charge in [0.25, 0.3) is 0 Å². The number of carbonyl (C=O) groups excluding carboxylic acids is 4. The van der Waals surface area contributed by atoms with Crippen LogP contribution in [0.25, 0.3) is 0 Å². The molecule has 2 unspecified atom stereocenters. The minimum Gasteiger partial charge on any atom is -0.464 e. The van der Waals surface area contributed by atoms with Crippen molar-refractivity contribution in [1.29, 1.82) is 0 Å². The summed E-state index contributed by atoms with van der Waals surface area (Å²) in [6.07, 6.45) is 5.57. The number of nitrogens with zero attached hydrogens (tertiary/aromatic N) is 1. The van der Waals surface area contributed by atoms with Crippen LogP contribution in [0.15, 0.2) is 12.2 Å². The Kier molecular flexibility index (Phi) is 8.69. The van der Waals surface area contributed by atoms with Gasteiger partial charge in [0.05, 0.1) is 12.7 Å². The van der Waals surface area contributed by atoms with Gasteiger partial charge in [-0.05, 0) is 52.9 Å². The number of rotatable bonds is 3. The first-order valence-electron chi connectivity index (χ1n) is 13.0. The molecule has 10 nitrogen and oxygen atoms in total. The maximum atomic E-state index is 13.6. The number of ether oxygens (including phenoxy) is 2. The molecule has 36 heavy (non-hydrogen) atoms. The van der Waals surface area contributed by atoms with E-state index in [0.29, 0.717) is 25.2 Å². The Morgan fingerprint density at radius 1 is 1.28 bits per heavy atom. The average molecular weight is 508 g/mol. The third-order valence-corrected chi connectivity index (χ3v) is 6.95. The highest BCUT2D eigenvalue weighted by Gasteiger charge is 2.62. The van der Waals surface area contributed by atoms with Crippen LogP contribution >= 0.6 is 0 Å². The Labute approximate surface area is 213 Å². The number of amides is 3. The van der Waals surface area contributed by atoms with Crippen molar-refractivity contribution in [1.82, 2.24) is 15.5 Å². The van der Waals surface area contributed by atoms with Gasteiger partial charge >= 0.3 is 12.1 Å². The minimum atomic E-state index is -1.16. The zero-order valence-corrected chi connectivity index (χ0v) is 22.0. The Balaban J connectivity index is 1.87. The van der Waals surface area contributed by atoms with Gasteiger partial charge in [-0.1, -0.05) is 31.9 Å². The van der Waals surface area contributed by atoms with E-state index in [2.05, 4.69) is 17.6 Å². The number of carbonyl (C=O) groups is 4. The van der Waals surface area contributed by atoms with Crippen LogP contribution in [0.5, 0.6) is 0 Å². The molecule has 3 N–H and O–H groups in total. The summed E-state index contributed by atoms with van der Waals surface area (Å²) in [6, 6.07) is -1.86. The smallest absolute Gasteiger partial charge is 0.408 e. The van der Waals surface area contributed by atoms with Crippen LogP contribution in [0.4, 0.5) is 4.79 Å². The lowest BCUT2D eigenvalue weighted by atomic mass is 9.97. The molecule has 1 saturated carbocycles. The highest BCUT2D eigenvalue weighted by atomic mass is 16.6. The Morgan fingerprint density at radius 2 is 2.00 bits per heavy atom. The van der Waals surface area contributed by atoms with Crippen LogP contribution in [0.3, 0.4) is 0 Å². The number of aliphatic hydroxyl groups excluding tert-OH is 1. The van der Waals surface area contributed by atoms with Crippen molar-refractivity contribution in [2.24, 2.45) is 11.8 Å². The molecule has 1 saturated heterocycles. The standard InChI is InChI=1S/C26H41N3O7/c1-6-35-23(33)26-14-17(26)11-7-9-16(2)10-8-12-19(27-24(34)36-25(3,4)5)22(32)29-15-18(30)13-20(29)21(31)28-26/h7,11,16-20,30H,6,8-10,12-15H2,1-5H3,(H,27,34)(H,28,31)/b11-7-/t16?,17?,18-,19+,20+,26-/m1/s1. The molecule has 1 aliphatic carbocycles. The van der Waals surface area contributed by atoms with Crippen molar-refractivity contribution in [3.05, 3.63) is 12.2 Å². The van der Waals surface area contributed by atoms with Crippen LogP contribution in [0.1, 0.15) is 73.1 Å². The predicted molar refractivity (Wildman–Crippen MR) is 132 cm³/mol. The number of alkyl carbamates (subject to hydrolysis) is 1. The monoisotopic (exact) mass is 507 g/mol. The van der Waals surface area contributed by atoms with Crippen molar-refractivity contribution in [3.8, 4) is 0 Å². The summed E-state index contributed by atoms with van der Waals surface area (Å²) in [4.78, 5) is 53.6. The van der Waals surface area contributed by atoms with E-state index in [9.17, 15) is 24.3 Å². The average Bonchev–Trinajstić information content (AvgIpc) is 3.31. The second-order valence-electron chi connectivity index (χ2n) is 11.3. The summed E-state index contributed by atoms with van der Waals surface area (Å²) in [5.74, 6) is -1.31. The SMILES string of the molecule is CCOC(=O)[C@@]12CC1/C=C\CC(C)CCC[C@H](NC(=O)OC(C)(C)C)C(=O)N1C[C@H](O)C[C@H]1C(=O)N2. The van der Waals surface area contributed by atoms with Crippen LogP contribution in [-0.2, 0) is 23.9 Å². The maximum absolute atomic E-state index is 13.6. The molecule has 0 aromatic carbocycles. The zero-order valence-electron chi connectivity index (χ0n) is 22.0. The molecule has 0 radical (unpaired) electrons. The molecule has 10 heteroatoms. The van der Waals surface area contributed by atoms with E-state index in [-0.39, 0.29) is 25.5 Å². The van der Waals surface area contributed by atoms with Crippen molar-refractivity contribution in [3.63, 3.8) is 0 Å². The summed E-state index contributed by atoms with van der Waals surface area (Å²) in [5.41, 5.74) is -1.90. The van der Waals surface area contributed by atoms with Crippen LogP contribution < -0.4 is 10.6 Å². The van der Waals surface area contributed by atoms with Crippen molar-refractivity contribution in [2.45, 2.75) is 102 Å². The molecule has 202 valence electrons. The summed E-state index contributed by atoms with van der Waals surface area (Å²) >= 11 is 0. The first-order chi connectivity index (χ1) is 16.9. The highest BCUT2D eigenvalue weighted by molar-refractivity contribution is 5.96. The molecule has 3 amide bonds. The summed E-state index contributed by atoms with van der Waals surface area (Å²) in [6.45, 7) is 9.19. The third kappa shape index (κ3) is 6.78. The van der Waals surface area contributed by atoms with Gasteiger partial charge in [0.1, 0.15) is 23.2 Å². The fourth-order valence-electron chi connectivity index (χ4n) is 4.99. The maximum Gasteiger partial charge on any atom is 0.408 e. The number of nitrogens with one attached hydrogen (secondary N) is 2. The first kappa shape index (κ1) is 28.0. The molecule has 0 bridgehead atoms. The van der Waals surface area contributed by atoms with Gasteiger partial charge in [-0.25, -0.2) is 9.59 Å². The van der Waals surface area contributed by atoms with E-state index in [4.69, 9.17) is 9.47 Å². The molecule has 3 rings (SSSR count). The second-order valence-corrected chi connectivity index (χ2v) is 11.3.